The third-order valence-corrected chi connectivity index (χ3v) is 8.33. The topological polar surface area (TPSA) is 49.3 Å². The molecule has 0 aromatic carbocycles. The second kappa shape index (κ2) is 6.63. The number of pyridine rings is 1. The van der Waals surface area contributed by atoms with E-state index in [0.717, 1.165) is 41.2 Å². The second-order valence-corrected chi connectivity index (χ2v) is 9.88. The fourth-order valence-corrected chi connectivity index (χ4v) is 6.95. The third-order valence-electron chi connectivity index (χ3n) is 7.38. The number of hydrogen-bond acceptors (Lipinski definition) is 5. The van der Waals surface area contributed by atoms with E-state index in [9.17, 15) is 4.79 Å². The summed E-state index contributed by atoms with van der Waals surface area (Å²) in [6.45, 7) is 5.42. The minimum atomic E-state index is 0.181. The summed E-state index contributed by atoms with van der Waals surface area (Å²) in [6, 6.07) is 5.12. The summed E-state index contributed by atoms with van der Waals surface area (Å²) in [5, 5.41) is 0. The Balaban J connectivity index is 1.51. The minimum Gasteiger partial charge on any atom is -0.331 e. The molecule has 3 fully saturated rings. The average Bonchev–Trinajstić information content (AvgIpc) is 3.14. The molecular weight excluding hydrogens is 368 g/mol. The van der Waals surface area contributed by atoms with Crippen LogP contribution in [0.15, 0.2) is 23.8 Å². The van der Waals surface area contributed by atoms with Gasteiger partial charge in [-0.15, -0.1) is 11.3 Å². The number of amides is 1. The maximum Gasteiger partial charge on any atom is 0.254 e. The summed E-state index contributed by atoms with van der Waals surface area (Å²) in [5.41, 5.74) is 4.65. The lowest BCUT2D eigenvalue weighted by Gasteiger charge is -2.44. The minimum absolute atomic E-state index is 0.181. The smallest absolute Gasteiger partial charge is 0.254 e. The largest absolute Gasteiger partial charge is 0.331 e. The summed E-state index contributed by atoms with van der Waals surface area (Å²) in [5.74, 6) is 0.181. The van der Waals surface area contributed by atoms with Gasteiger partial charge in [0.1, 0.15) is 0 Å². The number of fused-ring (bicyclic) bond motifs is 1. The molecule has 5 nitrogen and oxygen atoms in total. The first-order chi connectivity index (χ1) is 13.5. The Labute approximate surface area is 170 Å². The van der Waals surface area contributed by atoms with Gasteiger partial charge in [-0.3, -0.25) is 9.78 Å². The first kappa shape index (κ1) is 18.3. The number of hydrogen-bond donors (Lipinski definition) is 0. The van der Waals surface area contributed by atoms with Crippen LogP contribution in [0.2, 0.25) is 0 Å². The zero-order valence-corrected chi connectivity index (χ0v) is 17.7. The van der Waals surface area contributed by atoms with E-state index in [1.807, 2.05) is 24.6 Å². The normalized spacial score (nSPS) is 32.4. The second-order valence-electron chi connectivity index (χ2n) is 9.03. The Morgan fingerprint density at radius 1 is 1.25 bits per heavy atom. The molecule has 4 heterocycles. The van der Waals surface area contributed by atoms with E-state index in [1.165, 1.54) is 19.3 Å². The van der Waals surface area contributed by atoms with Gasteiger partial charge in [-0.2, -0.15) is 0 Å². The van der Waals surface area contributed by atoms with Crippen molar-refractivity contribution in [3.63, 3.8) is 0 Å². The Bertz CT molecular complexity index is 911. The molecular formula is C22H28N4OS. The van der Waals surface area contributed by atoms with Crippen LogP contribution in [0.3, 0.4) is 0 Å². The number of aromatic nitrogens is 2. The van der Waals surface area contributed by atoms with Crippen LogP contribution in [0.5, 0.6) is 0 Å². The predicted octanol–water partition coefficient (Wildman–Crippen LogP) is 3.99. The van der Waals surface area contributed by atoms with Gasteiger partial charge in [0.05, 0.1) is 21.8 Å². The Morgan fingerprint density at radius 3 is 2.79 bits per heavy atom. The summed E-state index contributed by atoms with van der Waals surface area (Å²) >= 11 is 1.58. The molecule has 3 aliphatic rings. The predicted molar refractivity (Wildman–Crippen MR) is 111 cm³/mol. The maximum atomic E-state index is 13.7. The van der Waals surface area contributed by atoms with Crippen molar-refractivity contribution in [2.24, 2.45) is 5.41 Å². The van der Waals surface area contributed by atoms with Crippen molar-refractivity contribution in [3.8, 4) is 10.6 Å². The van der Waals surface area contributed by atoms with Gasteiger partial charge < -0.3 is 9.80 Å². The van der Waals surface area contributed by atoms with Crippen molar-refractivity contribution in [1.29, 1.82) is 0 Å². The van der Waals surface area contributed by atoms with Crippen LogP contribution in [0.1, 0.15) is 55.1 Å². The number of likely N-dealkylation sites (tertiary alicyclic amines) is 2. The molecule has 2 aliphatic heterocycles. The summed E-state index contributed by atoms with van der Waals surface area (Å²) in [7, 11) is 2.25. The van der Waals surface area contributed by atoms with Crippen LogP contribution in [0.25, 0.3) is 10.6 Å². The van der Waals surface area contributed by atoms with Gasteiger partial charge in [0.25, 0.3) is 5.91 Å². The number of likely N-dealkylation sites (N-methyl/N-ethyl adjacent to an activating group) is 1. The highest BCUT2D eigenvalue weighted by molar-refractivity contribution is 7.13. The van der Waals surface area contributed by atoms with Crippen LogP contribution < -0.4 is 0 Å². The number of nitrogens with zero attached hydrogens (tertiary/aromatic N) is 4. The molecule has 0 radical (unpaired) electrons. The molecule has 1 saturated carbocycles. The van der Waals surface area contributed by atoms with Crippen LogP contribution in [0.4, 0.5) is 0 Å². The molecule has 28 heavy (non-hydrogen) atoms. The Kier molecular flexibility index (Phi) is 4.32. The lowest BCUT2D eigenvalue weighted by molar-refractivity contribution is 0.0577. The van der Waals surface area contributed by atoms with Crippen molar-refractivity contribution in [2.45, 2.75) is 64.1 Å². The number of thiazole rings is 1. The SMILES string of the molecule is Cc1ncsc1-c1cc(C(=O)N2[C@@H]3CN(C)[C@@H]4CCCC[C@H]2[C@]4(C)C3)ccn1. The first-order valence-corrected chi connectivity index (χ1v) is 11.3. The van der Waals surface area contributed by atoms with Crippen LogP contribution >= 0.6 is 11.3 Å². The standard InChI is InChI=1S/C22H28N4OS/c1-14-20(28-13-24-14)17-10-15(8-9-23-17)21(27)26-16-11-22(2)18(25(3)12-16)6-4-5-7-19(22)26/h8-10,13,16,18-19H,4-7,11-12H2,1-3H3/t16-,18+,19-,22+/m0/s1. The van der Waals surface area contributed by atoms with Crippen LogP contribution in [-0.4, -0.2) is 57.4 Å². The molecule has 2 aromatic rings. The maximum absolute atomic E-state index is 13.7. The van der Waals surface area contributed by atoms with E-state index in [-0.39, 0.29) is 11.3 Å². The fourth-order valence-electron chi connectivity index (χ4n) is 6.17. The van der Waals surface area contributed by atoms with E-state index in [2.05, 4.69) is 33.7 Å². The molecule has 2 bridgehead atoms. The third kappa shape index (κ3) is 2.65. The van der Waals surface area contributed by atoms with Crippen molar-refractivity contribution in [2.75, 3.05) is 13.6 Å². The molecule has 0 unspecified atom stereocenters. The van der Waals surface area contributed by atoms with E-state index < -0.39 is 0 Å². The van der Waals surface area contributed by atoms with Gasteiger partial charge >= 0.3 is 0 Å². The summed E-state index contributed by atoms with van der Waals surface area (Å²) < 4.78 is 0. The average molecular weight is 397 g/mol. The molecule has 2 aromatic heterocycles. The molecule has 5 rings (SSSR count). The Morgan fingerprint density at radius 2 is 2.04 bits per heavy atom. The first-order valence-electron chi connectivity index (χ1n) is 10.4. The summed E-state index contributed by atoms with van der Waals surface area (Å²) in [4.78, 5) is 28.4. The van der Waals surface area contributed by atoms with E-state index in [1.54, 1.807) is 17.5 Å². The van der Waals surface area contributed by atoms with Gasteiger partial charge in [-0.1, -0.05) is 19.8 Å². The fraction of sp³-hybridized carbons (Fsp3) is 0.591. The zero-order chi connectivity index (χ0) is 19.5. The molecule has 1 amide bonds. The lowest BCUT2D eigenvalue weighted by Crippen LogP contribution is -2.51. The molecule has 4 atom stereocenters. The van der Waals surface area contributed by atoms with Gasteiger partial charge in [-0.05, 0) is 45.4 Å². The van der Waals surface area contributed by atoms with Crippen molar-refractivity contribution >= 4 is 17.2 Å². The highest BCUT2D eigenvalue weighted by Gasteiger charge is 2.59. The van der Waals surface area contributed by atoms with Gasteiger partial charge in [0.2, 0.25) is 0 Å². The van der Waals surface area contributed by atoms with Crippen LogP contribution in [0, 0.1) is 12.3 Å². The van der Waals surface area contributed by atoms with Gasteiger partial charge in [0, 0.05) is 41.8 Å². The number of rotatable bonds is 2. The van der Waals surface area contributed by atoms with Crippen LogP contribution in [-0.2, 0) is 0 Å². The van der Waals surface area contributed by atoms with Crippen molar-refractivity contribution < 1.29 is 4.79 Å². The van der Waals surface area contributed by atoms with E-state index >= 15 is 0 Å². The molecule has 2 saturated heterocycles. The zero-order valence-electron chi connectivity index (χ0n) is 16.9. The van der Waals surface area contributed by atoms with E-state index in [4.69, 9.17) is 0 Å². The van der Waals surface area contributed by atoms with E-state index in [0.29, 0.717) is 18.1 Å². The van der Waals surface area contributed by atoms with Gasteiger partial charge in [0.15, 0.2) is 0 Å². The number of piperidine rings is 1. The molecule has 0 N–H and O–H groups in total. The number of carbonyl (C=O) groups is 1. The van der Waals surface area contributed by atoms with Crippen molar-refractivity contribution in [1.82, 2.24) is 19.8 Å². The Hall–Kier alpha value is -1.79. The number of aryl methyl sites for hydroxylation is 1. The van der Waals surface area contributed by atoms with Gasteiger partial charge in [-0.25, -0.2) is 4.98 Å². The molecule has 6 heteroatoms. The monoisotopic (exact) mass is 396 g/mol. The molecule has 148 valence electrons. The number of carbonyl (C=O) groups excluding carboxylic acids is 1. The van der Waals surface area contributed by atoms with Crippen molar-refractivity contribution in [3.05, 3.63) is 35.1 Å². The molecule has 1 aliphatic carbocycles. The quantitative estimate of drug-likeness (QED) is 0.770. The highest BCUT2D eigenvalue weighted by atomic mass is 32.1. The highest BCUT2D eigenvalue weighted by Crippen LogP contribution is 2.53. The summed E-state index contributed by atoms with van der Waals surface area (Å²) in [6.07, 6.45) is 7.82. The lowest BCUT2D eigenvalue weighted by atomic mass is 9.71. The molecule has 0 spiro atoms.